The highest BCUT2D eigenvalue weighted by Crippen LogP contribution is 2.32. The molecule has 2 aromatic heterocycles. The predicted octanol–water partition coefficient (Wildman–Crippen LogP) is 4.21. The van der Waals surface area contributed by atoms with E-state index in [4.69, 9.17) is 14.7 Å². The van der Waals surface area contributed by atoms with Crippen LogP contribution in [0, 0.1) is 18.3 Å². The summed E-state index contributed by atoms with van der Waals surface area (Å²) in [6.45, 7) is 8.59. The van der Waals surface area contributed by atoms with E-state index in [1.54, 1.807) is 5.38 Å². The van der Waals surface area contributed by atoms with Crippen molar-refractivity contribution in [3.63, 3.8) is 0 Å². The van der Waals surface area contributed by atoms with Crippen molar-refractivity contribution in [3.8, 4) is 22.9 Å². The van der Waals surface area contributed by atoms with E-state index in [2.05, 4.69) is 52.4 Å². The summed E-state index contributed by atoms with van der Waals surface area (Å²) in [5.74, 6) is 0.114. The predicted molar refractivity (Wildman–Crippen MR) is 130 cm³/mol. The van der Waals surface area contributed by atoms with Gasteiger partial charge in [-0.15, -0.1) is 0 Å². The smallest absolute Gasteiger partial charge is 0.280 e. The number of aryl methyl sites for hydroxylation is 1. The number of carbonyl (C=O) groups is 1. The molecule has 3 rings (SSSR count). The number of nitriles is 1. The summed E-state index contributed by atoms with van der Waals surface area (Å²) in [6, 6.07) is 8.00. The summed E-state index contributed by atoms with van der Waals surface area (Å²) in [7, 11) is 1.33. The van der Waals surface area contributed by atoms with E-state index in [0.717, 1.165) is 11.1 Å². The van der Waals surface area contributed by atoms with Gasteiger partial charge in [-0.3, -0.25) is 14.6 Å². The summed E-state index contributed by atoms with van der Waals surface area (Å²) in [4.78, 5) is 36.1. The molecule has 34 heavy (non-hydrogen) atoms. The van der Waals surface area contributed by atoms with Crippen LogP contribution in [0.2, 0.25) is 0 Å². The van der Waals surface area contributed by atoms with Crippen molar-refractivity contribution in [2.75, 3.05) is 24.3 Å². The van der Waals surface area contributed by atoms with Crippen molar-refractivity contribution in [1.82, 2.24) is 15.0 Å². The fraction of sp³-hybridized carbons (Fsp3) is 0.348. The molecule has 2 heterocycles. The normalized spacial score (nSPS) is 10.9. The first-order chi connectivity index (χ1) is 16.1. The number of rotatable bonds is 8. The minimum atomic E-state index is -0.610. The molecule has 0 bridgehead atoms. The van der Waals surface area contributed by atoms with Gasteiger partial charge in [0, 0.05) is 11.9 Å². The van der Waals surface area contributed by atoms with Crippen molar-refractivity contribution < 1.29 is 14.3 Å². The van der Waals surface area contributed by atoms with Crippen molar-refractivity contribution in [1.29, 1.82) is 5.26 Å². The number of H-pyrrole nitrogens is 1. The molecule has 1 aromatic carbocycles. The molecule has 3 N–H and O–H groups in total. The molecule has 0 saturated heterocycles. The molecule has 0 aliphatic rings. The van der Waals surface area contributed by atoms with Crippen molar-refractivity contribution in [2.24, 2.45) is 0 Å². The number of amides is 1. The first-order valence-corrected chi connectivity index (χ1v) is 11.4. The van der Waals surface area contributed by atoms with Gasteiger partial charge in [-0.2, -0.15) is 15.2 Å². The quantitative estimate of drug-likeness (QED) is 0.405. The summed E-state index contributed by atoms with van der Waals surface area (Å²) in [5.41, 5.74) is 1.35. The van der Waals surface area contributed by atoms with E-state index < -0.39 is 11.5 Å². The molecule has 1 amide bonds. The molecule has 10 nitrogen and oxygen atoms in total. The number of anilines is 2. The second kappa shape index (κ2) is 10.4. The highest BCUT2D eigenvalue weighted by atomic mass is 32.1. The Kier molecular flexibility index (Phi) is 7.53. The number of carbonyl (C=O) groups excluding carboxylic acids is 1. The van der Waals surface area contributed by atoms with Gasteiger partial charge in [-0.1, -0.05) is 44.2 Å². The maximum absolute atomic E-state index is 12.7. The summed E-state index contributed by atoms with van der Waals surface area (Å²) < 4.78 is 11.1. The van der Waals surface area contributed by atoms with E-state index in [-0.39, 0.29) is 35.0 Å². The van der Waals surface area contributed by atoms with Crippen LogP contribution in [0.3, 0.4) is 0 Å². The molecule has 0 radical (unpaired) electrons. The van der Waals surface area contributed by atoms with Gasteiger partial charge in [-0.05, 0) is 29.5 Å². The van der Waals surface area contributed by atoms with Crippen LogP contribution in [-0.2, 0) is 5.41 Å². The summed E-state index contributed by atoms with van der Waals surface area (Å²) in [6.07, 6.45) is 0.235. The van der Waals surface area contributed by atoms with Crippen LogP contribution in [-0.4, -0.2) is 34.5 Å². The minimum absolute atomic E-state index is 0.0410. The second-order valence-electron chi connectivity index (χ2n) is 8.42. The Morgan fingerprint density at radius 1 is 1.29 bits per heavy atom. The number of benzene rings is 1. The third-order valence-corrected chi connectivity index (χ3v) is 5.53. The van der Waals surface area contributed by atoms with Crippen LogP contribution in [0.4, 0.5) is 11.6 Å². The fourth-order valence-corrected chi connectivity index (χ4v) is 3.55. The highest BCUT2D eigenvalue weighted by Gasteiger charge is 2.20. The minimum Gasteiger partial charge on any atom is -0.479 e. The van der Waals surface area contributed by atoms with E-state index in [0.29, 0.717) is 17.5 Å². The molecular weight excluding hydrogens is 456 g/mol. The van der Waals surface area contributed by atoms with Gasteiger partial charge in [0.1, 0.15) is 11.4 Å². The molecule has 0 unspecified atom stereocenters. The number of hydrogen-bond donors (Lipinski definition) is 3. The Morgan fingerprint density at radius 3 is 2.74 bits per heavy atom. The van der Waals surface area contributed by atoms with E-state index in [9.17, 15) is 9.59 Å². The molecule has 0 aliphatic carbocycles. The van der Waals surface area contributed by atoms with Gasteiger partial charge >= 0.3 is 0 Å². The number of thiazole rings is 1. The van der Waals surface area contributed by atoms with Gasteiger partial charge < -0.3 is 20.1 Å². The van der Waals surface area contributed by atoms with Crippen LogP contribution < -0.4 is 25.7 Å². The number of hydrogen-bond acceptors (Lipinski definition) is 9. The molecule has 0 atom stereocenters. The zero-order valence-corrected chi connectivity index (χ0v) is 20.4. The third kappa shape index (κ3) is 5.90. The van der Waals surface area contributed by atoms with Crippen molar-refractivity contribution in [2.45, 2.75) is 39.5 Å². The second-order valence-corrected chi connectivity index (χ2v) is 9.24. The highest BCUT2D eigenvalue weighted by molar-refractivity contribution is 7.11. The Hall–Kier alpha value is -3.91. The zero-order valence-electron chi connectivity index (χ0n) is 19.6. The van der Waals surface area contributed by atoms with E-state index >= 15 is 0 Å². The van der Waals surface area contributed by atoms with Crippen LogP contribution in [0.15, 0.2) is 28.4 Å². The average Bonchev–Trinajstić information content (AvgIpc) is 3.25. The first-order valence-electron chi connectivity index (χ1n) is 10.5. The van der Waals surface area contributed by atoms with Gasteiger partial charge in [-0.25, -0.2) is 0 Å². The standard InChI is InChI=1S/C23H26N6O4S/c1-13-7-8-14(23(2,3)4)11-16(13)33-22-26-15(12-34-22)18(30)27-17-19(31)28-21(25-10-6-9-24)29-20(17)32-5/h7-8,11-12H,6,10H2,1-5H3,(H,27,30)(H2,25,28,29,31). The maximum Gasteiger partial charge on any atom is 0.280 e. The third-order valence-electron chi connectivity index (χ3n) is 4.81. The lowest BCUT2D eigenvalue weighted by Gasteiger charge is -2.20. The monoisotopic (exact) mass is 482 g/mol. The molecule has 0 spiro atoms. The van der Waals surface area contributed by atoms with Crippen molar-refractivity contribution in [3.05, 3.63) is 50.8 Å². The van der Waals surface area contributed by atoms with Crippen LogP contribution in [0.5, 0.6) is 16.8 Å². The van der Waals surface area contributed by atoms with Gasteiger partial charge in [0.25, 0.3) is 16.7 Å². The van der Waals surface area contributed by atoms with Gasteiger partial charge in [0.05, 0.1) is 19.6 Å². The maximum atomic E-state index is 12.7. The largest absolute Gasteiger partial charge is 0.479 e. The van der Waals surface area contributed by atoms with Crippen LogP contribution in [0.25, 0.3) is 0 Å². The molecule has 3 aromatic rings. The molecule has 11 heteroatoms. The lowest BCUT2D eigenvalue weighted by atomic mass is 9.86. The Balaban J connectivity index is 1.77. The summed E-state index contributed by atoms with van der Waals surface area (Å²) >= 11 is 1.17. The first kappa shape index (κ1) is 24.7. The lowest BCUT2D eigenvalue weighted by Crippen LogP contribution is -2.23. The van der Waals surface area contributed by atoms with Gasteiger partial charge in [0.15, 0.2) is 5.69 Å². The Morgan fingerprint density at radius 2 is 2.06 bits per heavy atom. The molecular formula is C23H26N6O4S. The number of aromatic amines is 1. The summed E-state index contributed by atoms with van der Waals surface area (Å²) in [5, 5.41) is 15.8. The van der Waals surface area contributed by atoms with Crippen LogP contribution in [0.1, 0.15) is 48.8 Å². The number of nitrogens with zero attached hydrogens (tertiary/aromatic N) is 3. The van der Waals surface area contributed by atoms with Crippen molar-refractivity contribution >= 4 is 28.9 Å². The Labute approximate surface area is 201 Å². The number of methoxy groups -OCH3 is 1. The fourth-order valence-electron chi connectivity index (χ4n) is 2.89. The van der Waals surface area contributed by atoms with Crippen LogP contribution >= 0.6 is 11.3 Å². The van der Waals surface area contributed by atoms with E-state index in [1.165, 1.54) is 18.4 Å². The average molecular weight is 483 g/mol. The topological polar surface area (TPSA) is 142 Å². The van der Waals surface area contributed by atoms with Gasteiger partial charge in [0.2, 0.25) is 11.8 Å². The zero-order chi connectivity index (χ0) is 24.9. The number of ether oxygens (including phenoxy) is 2. The molecule has 178 valence electrons. The van der Waals surface area contributed by atoms with E-state index in [1.807, 2.05) is 25.1 Å². The molecule has 0 fully saturated rings. The number of aromatic nitrogens is 3. The SMILES string of the molecule is COc1nc(NCCC#N)[nH]c(=O)c1NC(=O)c1csc(Oc2cc(C(C)(C)C)ccc2C)n1. The Bertz CT molecular complexity index is 1290. The number of nitrogens with one attached hydrogen (secondary N) is 3. The molecule has 0 saturated carbocycles. The molecule has 0 aliphatic heterocycles. The lowest BCUT2D eigenvalue weighted by molar-refractivity contribution is 0.102.